The number of cyclic esters (lactones) is 1. The highest BCUT2D eigenvalue weighted by atomic mass is 16.7. The quantitative estimate of drug-likeness (QED) is 0.0941. The molecule has 0 aromatic rings. The number of rotatable bonds is 18. The summed E-state index contributed by atoms with van der Waals surface area (Å²) in [6, 6.07) is 0. The third-order valence-corrected chi connectivity index (χ3v) is 9.85. The van der Waals surface area contributed by atoms with Gasteiger partial charge in [0.1, 0.15) is 17.1 Å². The van der Waals surface area contributed by atoms with Gasteiger partial charge in [-0.1, -0.05) is 125 Å². The lowest BCUT2D eigenvalue weighted by molar-refractivity contribution is -0.179. The van der Waals surface area contributed by atoms with Crippen LogP contribution in [0.3, 0.4) is 0 Å². The van der Waals surface area contributed by atoms with Gasteiger partial charge in [0.05, 0.1) is 12.7 Å². The van der Waals surface area contributed by atoms with Gasteiger partial charge in [-0.25, -0.2) is 0 Å². The van der Waals surface area contributed by atoms with Crippen molar-refractivity contribution in [2.45, 2.75) is 194 Å². The van der Waals surface area contributed by atoms with Crippen LogP contribution in [0.4, 0.5) is 0 Å². The Bertz CT molecular complexity index is 708. The van der Waals surface area contributed by atoms with Crippen LogP contribution in [-0.4, -0.2) is 36.4 Å². The molecule has 0 aliphatic carbocycles. The molecule has 0 radical (unpaired) electrons. The first-order valence-corrected chi connectivity index (χ1v) is 17.5. The molecular formula is C35H64O5. The van der Waals surface area contributed by atoms with Crippen LogP contribution in [0.1, 0.15) is 176 Å². The molecule has 0 N–H and O–H groups in total. The van der Waals surface area contributed by atoms with Gasteiger partial charge in [0.15, 0.2) is 0 Å². The first kappa shape index (κ1) is 35.1. The van der Waals surface area contributed by atoms with E-state index in [1.807, 2.05) is 0 Å². The van der Waals surface area contributed by atoms with E-state index in [0.29, 0.717) is 19.4 Å². The van der Waals surface area contributed by atoms with Gasteiger partial charge < -0.3 is 14.2 Å². The predicted molar refractivity (Wildman–Crippen MR) is 164 cm³/mol. The minimum Gasteiger partial charge on any atom is -0.465 e. The summed E-state index contributed by atoms with van der Waals surface area (Å²) in [6.07, 6.45) is 21.8. The molecule has 5 unspecified atom stereocenters. The maximum atomic E-state index is 14.3. The summed E-state index contributed by atoms with van der Waals surface area (Å²) in [4.78, 5) is 27.7. The summed E-state index contributed by atoms with van der Waals surface area (Å²) < 4.78 is 19.6. The van der Waals surface area contributed by atoms with Crippen LogP contribution < -0.4 is 0 Å². The Morgan fingerprint density at radius 2 is 1.52 bits per heavy atom. The maximum absolute atomic E-state index is 14.3. The summed E-state index contributed by atoms with van der Waals surface area (Å²) in [5, 5.41) is 0. The van der Waals surface area contributed by atoms with E-state index in [4.69, 9.17) is 14.2 Å². The lowest BCUT2D eigenvalue weighted by Gasteiger charge is -2.43. The van der Waals surface area contributed by atoms with Gasteiger partial charge in [0.25, 0.3) is 0 Å². The molecular weight excluding hydrogens is 500 g/mol. The number of hydrogen-bond donors (Lipinski definition) is 0. The van der Waals surface area contributed by atoms with E-state index in [1.165, 1.54) is 38.5 Å². The normalized spacial score (nSPS) is 26.3. The van der Waals surface area contributed by atoms with Crippen LogP contribution in [0.5, 0.6) is 0 Å². The molecule has 0 spiro atoms. The summed E-state index contributed by atoms with van der Waals surface area (Å²) in [5.74, 6) is -0.0465. The zero-order valence-electron chi connectivity index (χ0n) is 27.0. The fraction of sp³-hybridized carbons (Fsp3) is 0.943. The van der Waals surface area contributed by atoms with Gasteiger partial charge in [-0.05, 0) is 50.9 Å². The minimum absolute atomic E-state index is 0.0551. The van der Waals surface area contributed by atoms with Gasteiger partial charge in [-0.15, -0.1) is 0 Å². The first-order valence-electron chi connectivity index (χ1n) is 17.5. The molecule has 5 heteroatoms. The molecule has 0 amide bonds. The van der Waals surface area contributed by atoms with Crippen LogP contribution >= 0.6 is 0 Å². The maximum Gasteiger partial charge on any atom is 0.315 e. The Labute approximate surface area is 247 Å². The van der Waals surface area contributed by atoms with E-state index < -0.39 is 17.1 Å². The van der Waals surface area contributed by atoms with Gasteiger partial charge >= 0.3 is 11.9 Å². The van der Waals surface area contributed by atoms with Crippen molar-refractivity contribution in [2.75, 3.05) is 6.61 Å². The summed E-state index contributed by atoms with van der Waals surface area (Å²) in [5.41, 5.74) is -1.58. The van der Waals surface area contributed by atoms with Gasteiger partial charge in [0, 0.05) is 6.42 Å². The van der Waals surface area contributed by atoms with Crippen molar-refractivity contribution in [2.24, 2.45) is 11.3 Å². The SMILES string of the molecule is CCCCCCCC(CC)(C(=O)OCCCCC)C12OC1CCCCCCCCC(=O)OC2C(CC)CCCC. The number of ether oxygens (including phenoxy) is 3. The largest absolute Gasteiger partial charge is 0.465 e. The molecule has 2 aliphatic rings. The van der Waals surface area contributed by atoms with Crippen molar-refractivity contribution in [3.05, 3.63) is 0 Å². The van der Waals surface area contributed by atoms with E-state index >= 15 is 0 Å². The standard InChI is InChI=1S/C35H64O5/c1-6-11-14-19-22-27-34(10-5,33(37)38-28-23-12-7-2)35-30(40-35)25-20-17-15-16-18-21-26-31(36)39-32(35)29(9-4)24-13-8-3/h29-30,32H,6-28H2,1-5H3. The highest BCUT2D eigenvalue weighted by Gasteiger charge is 2.76. The number of carbonyl (C=O) groups is 2. The van der Waals surface area contributed by atoms with Crippen LogP contribution in [0.25, 0.3) is 0 Å². The Morgan fingerprint density at radius 1 is 0.875 bits per heavy atom. The van der Waals surface area contributed by atoms with Crippen molar-refractivity contribution in [3.63, 3.8) is 0 Å². The number of carbonyl (C=O) groups excluding carboxylic acids is 2. The summed E-state index contributed by atoms with van der Waals surface area (Å²) in [6.45, 7) is 11.4. The molecule has 2 aliphatic heterocycles. The second-order valence-electron chi connectivity index (χ2n) is 12.7. The molecule has 5 atom stereocenters. The van der Waals surface area contributed by atoms with Crippen molar-refractivity contribution >= 4 is 11.9 Å². The average molecular weight is 565 g/mol. The Hall–Kier alpha value is -1.10. The molecule has 0 bridgehead atoms. The fourth-order valence-electron chi connectivity index (χ4n) is 7.23. The Balaban J connectivity index is 2.54. The number of unbranched alkanes of at least 4 members (excludes halogenated alkanes) is 7. The van der Waals surface area contributed by atoms with Crippen molar-refractivity contribution in [3.8, 4) is 0 Å². The van der Waals surface area contributed by atoms with Crippen molar-refractivity contribution < 1.29 is 23.8 Å². The van der Waals surface area contributed by atoms with Gasteiger partial charge in [-0.3, -0.25) is 9.59 Å². The van der Waals surface area contributed by atoms with Gasteiger partial charge in [-0.2, -0.15) is 0 Å². The van der Waals surface area contributed by atoms with Gasteiger partial charge in [0.2, 0.25) is 0 Å². The second-order valence-corrected chi connectivity index (χ2v) is 12.7. The first-order chi connectivity index (χ1) is 19.5. The van der Waals surface area contributed by atoms with Crippen LogP contribution in [0.15, 0.2) is 0 Å². The molecule has 234 valence electrons. The zero-order chi connectivity index (χ0) is 29.3. The van der Waals surface area contributed by atoms with Crippen LogP contribution in [-0.2, 0) is 23.8 Å². The monoisotopic (exact) mass is 564 g/mol. The predicted octanol–water partition coefficient (Wildman–Crippen LogP) is 9.88. The molecule has 0 aromatic heterocycles. The molecule has 2 heterocycles. The number of epoxide rings is 1. The van der Waals surface area contributed by atoms with Crippen LogP contribution in [0, 0.1) is 11.3 Å². The Morgan fingerprint density at radius 3 is 2.20 bits per heavy atom. The lowest BCUT2D eigenvalue weighted by Crippen LogP contribution is -2.57. The highest BCUT2D eigenvalue weighted by molar-refractivity contribution is 5.80. The minimum atomic E-state index is -0.791. The highest BCUT2D eigenvalue weighted by Crippen LogP contribution is 2.61. The smallest absolute Gasteiger partial charge is 0.315 e. The van der Waals surface area contributed by atoms with E-state index in [1.54, 1.807) is 0 Å². The third kappa shape index (κ3) is 9.46. The van der Waals surface area contributed by atoms with Crippen molar-refractivity contribution in [1.29, 1.82) is 0 Å². The molecule has 2 saturated heterocycles. The van der Waals surface area contributed by atoms with Crippen molar-refractivity contribution in [1.82, 2.24) is 0 Å². The average Bonchev–Trinajstić information content (AvgIpc) is 3.68. The number of esters is 2. The second kappa shape index (κ2) is 19.2. The topological polar surface area (TPSA) is 65.1 Å². The zero-order valence-corrected chi connectivity index (χ0v) is 27.0. The van der Waals surface area contributed by atoms with Crippen LogP contribution in [0.2, 0.25) is 0 Å². The molecule has 0 aromatic carbocycles. The fourth-order valence-corrected chi connectivity index (χ4v) is 7.23. The molecule has 2 fully saturated rings. The molecule has 40 heavy (non-hydrogen) atoms. The Kier molecular flexibility index (Phi) is 16.8. The van der Waals surface area contributed by atoms with E-state index in [2.05, 4.69) is 34.6 Å². The molecule has 5 nitrogen and oxygen atoms in total. The summed E-state index contributed by atoms with van der Waals surface area (Å²) in [7, 11) is 0. The number of hydrogen-bond acceptors (Lipinski definition) is 5. The molecule has 2 rings (SSSR count). The lowest BCUT2D eigenvalue weighted by atomic mass is 9.62. The van der Waals surface area contributed by atoms with E-state index in [9.17, 15) is 9.59 Å². The van der Waals surface area contributed by atoms with E-state index in [-0.39, 0.29) is 24.0 Å². The summed E-state index contributed by atoms with van der Waals surface area (Å²) >= 11 is 0. The number of fused-ring (bicyclic) bond motifs is 1. The van der Waals surface area contributed by atoms with E-state index in [0.717, 1.165) is 89.9 Å². The third-order valence-electron chi connectivity index (χ3n) is 9.85. The molecule has 0 saturated carbocycles.